The number of hydrogen-bond donors (Lipinski definition) is 1. The van der Waals surface area contributed by atoms with E-state index in [1.165, 1.54) is 23.7 Å². The van der Waals surface area contributed by atoms with Gasteiger partial charge < -0.3 is 9.13 Å². The van der Waals surface area contributed by atoms with Gasteiger partial charge in [0.05, 0.1) is 12.2 Å². The predicted octanol–water partition coefficient (Wildman–Crippen LogP) is 5.86. The molecule has 5 aromatic rings. The molecule has 3 aromatic heterocycles. The molecular formula is C28H25F4N7. The van der Waals surface area contributed by atoms with Crippen molar-refractivity contribution in [2.24, 2.45) is 14.1 Å². The monoisotopic (exact) mass is 535 g/mol. The number of rotatable bonds is 5. The zero-order chi connectivity index (χ0) is 28.2. The summed E-state index contributed by atoms with van der Waals surface area (Å²) in [6.45, 7) is 7.90. The average molecular weight is 536 g/mol. The molecule has 0 saturated carbocycles. The van der Waals surface area contributed by atoms with Gasteiger partial charge in [0.15, 0.2) is 17.2 Å². The van der Waals surface area contributed by atoms with Crippen molar-refractivity contribution in [1.29, 1.82) is 5.41 Å². The van der Waals surface area contributed by atoms with E-state index in [4.69, 9.17) is 10.4 Å². The minimum atomic E-state index is -4.53. The van der Waals surface area contributed by atoms with Gasteiger partial charge in [-0.25, -0.2) is 19.3 Å². The van der Waals surface area contributed by atoms with Crippen LogP contribution in [0.4, 0.5) is 17.6 Å². The molecule has 0 spiro atoms. The minimum Gasteiger partial charge on any atom is -0.333 e. The zero-order valence-corrected chi connectivity index (χ0v) is 21.7. The van der Waals surface area contributed by atoms with Gasteiger partial charge >= 0.3 is 6.18 Å². The van der Waals surface area contributed by atoms with Crippen LogP contribution in [-0.2, 0) is 26.8 Å². The van der Waals surface area contributed by atoms with E-state index in [1.54, 1.807) is 46.5 Å². The molecular weight excluding hydrogens is 510 g/mol. The summed E-state index contributed by atoms with van der Waals surface area (Å²) in [5.41, 5.74) is 4.34. The van der Waals surface area contributed by atoms with Gasteiger partial charge in [-0.15, -0.1) is 0 Å². The highest BCUT2D eigenvalue weighted by molar-refractivity contribution is 5.81. The first kappa shape index (κ1) is 26.1. The number of imidazole rings is 2. The highest BCUT2D eigenvalue weighted by atomic mass is 19.4. The molecule has 0 aliphatic carbocycles. The van der Waals surface area contributed by atoms with Crippen LogP contribution in [0.15, 0.2) is 55.2 Å². The molecule has 200 valence electrons. The van der Waals surface area contributed by atoms with Crippen molar-refractivity contribution in [2.45, 2.75) is 26.6 Å². The number of aromatic nitrogens is 6. The van der Waals surface area contributed by atoms with Gasteiger partial charge in [-0.3, -0.25) is 9.98 Å². The Morgan fingerprint density at radius 1 is 1.03 bits per heavy atom. The van der Waals surface area contributed by atoms with Gasteiger partial charge in [0.1, 0.15) is 17.2 Å². The summed E-state index contributed by atoms with van der Waals surface area (Å²) < 4.78 is 58.2. The van der Waals surface area contributed by atoms with Crippen LogP contribution in [0.2, 0.25) is 0 Å². The molecule has 5 rings (SSSR count). The van der Waals surface area contributed by atoms with Crippen LogP contribution in [-0.4, -0.2) is 28.7 Å². The summed E-state index contributed by atoms with van der Waals surface area (Å²) in [5.74, 6) is 0.0976. The molecule has 0 bridgehead atoms. The van der Waals surface area contributed by atoms with Crippen LogP contribution in [0.1, 0.15) is 29.4 Å². The van der Waals surface area contributed by atoms with Crippen LogP contribution < -0.4 is 5.62 Å². The molecule has 2 aromatic carbocycles. The lowest BCUT2D eigenvalue weighted by molar-refractivity contribution is -0.140. The Morgan fingerprint density at radius 2 is 1.72 bits per heavy atom. The molecule has 0 fully saturated rings. The smallest absolute Gasteiger partial charge is 0.333 e. The quantitative estimate of drug-likeness (QED) is 0.286. The third kappa shape index (κ3) is 4.64. The van der Waals surface area contributed by atoms with Crippen LogP contribution in [0.25, 0.3) is 39.5 Å². The topological polar surface area (TPSA) is 77.3 Å². The third-order valence-corrected chi connectivity index (χ3v) is 6.61. The van der Waals surface area contributed by atoms with Crippen molar-refractivity contribution in [3.8, 4) is 22.8 Å². The lowest BCUT2D eigenvalue weighted by Crippen LogP contribution is -2.23. The van der Waals surface area contributed by atoms with Crippen molar-refractivity contribution >= 4 is 16.7 Å². The van der Waals surface area contributed by atoms with Crippen molar-refractivity contribution in [3.05, 3.63) is 89.2 Å². The number of fused-ring (bicyclic) bond motifs is 1. The Hall–Kier alpha value is -4.54. The zero-order valence-electron chi connectivity index (χ0n) is 21.7. The molecule has 11 heteroatoms. The maximum Gasteiger partial charge on any atom is 0.434 e. The number of alkyl halides is 3. The van der Waals surface area contributed by atoms with Crippen molar-refractivity contribution < 1.29 is 17.6 Å². The first-order chi connectivity index (χ1) is 18.3. The lowest BCUT2D eigenvalue weighted by atomic mass is 10.0. The number of benzene rings is 2. The van der Waals surface area contributed by atoms with E-state index in [-0.39, 0.29) is 18.0 Å². The number of halogens is 4. The SMILES string of the molecule is C=C(C)c1ccc(F)cc1-c1nc(C)c2c(n1)n(Cc1ccc(-c3nc(C(F)(F)F)cn3C)cc1)c(=N)n2C. The highest BCUT2D eigenvalue weighted by Gasteiger charge is 2.34. The maximum absolute atomic E-state index is 14.2. The first-order valence-corrected chi connectivity index (χ1v) is 12.0. The molecule has 1 N–H and O–H groups in total. The van der Waals surface area contributed by atoms with Gasteiger partial charge in [-0.05, 0) is 37.1 Å². The van der Waals surface area contributed by atoms with Crippen LogP contribution in [0, 0.1) is 18.2 Å². The molecule has 3 heterocycles. The van der Waals surface area contributed by atoms with Crippen LogP contribution >= 0.6 is 0 Å². The Bertz CT molecular complexity index is 1810. The normalized spacial score (nSPS) is 11.9. The molecule has 0 radical (unpaired) electrons. The summed E-state index contributed by atoms with van der Waals surface area (Å²) in [6, 6.07) is 11.3. The lowest BCUT2D eigenvalue weighted by Gasteiger charge is -2.11. The summed E-state index contributed by atoms with van der Waals surface area (Å²) in [6.07, 6.45) is -3.57. The van der Waals surface area contributed by atoms with Gasteiger partial charge in [0, 0.05) is 31.4 Å². The van der Waals surface area contributed by atoms with Crippen LogP contribution in [0.5, 0.6) is 0 Å². The minimum absolute atomic E-state index is 0.182. The fourth-order valence-electron chi connectivity index (χ4n) is 4.68. The summed E-state index contributed by atoms with van der Waals surface area (Å²) in [4.78, 5) is 13.1. The number of aryl methyl sites for hydroxylation is 3. The molecule has 0 amide bonds. The Morgan fingerprint density at radius 3 is 2.33 bits per heavy atom. The second-order valence-corrected chi connectivity index (χ2v) is 9.50. The van der Waals surface area contributed by atoms with Crippen molar-refractivity contribution in [2.75, 3.05) is 0 Å². The van der Waals surface area contributed by atoms with E-state index >= 15 is 0 Å². The van der Waals surface area contributed by atoms with Gasteiger partial charge in [0.2, 0.25) is 5.62 Å². The first-order valence-electron chi connectivity index (χ1n) is 12.0. The van der Waals surface area contributed by atoms with Gasteiger partial charge in [0.25, 0.3) is 0 Å². The molecule has 39 heavy (non-hydrogen) atoms. The fraction of sp³-hybridized carbons (Fsp3) is 0.214. The predicted molar refractivity (Wildman–Crippen MR) is 140 cm³/mol. The van der Waals surface area contributed by atoms with Gasteiger partial charge in [-0.2, -0.15) is 13.2 Å². The van der Waals surface area contributed by atoms with E-state index in [9.17, 15) is 17.6 Å². The standard InChI is InChI=1S/C28H25F4N7/c1-15(2)20-11-10-19(29)12-21(20)24-34-16(3)23-26(36-24)39(27(33)38(23)5)13-17-6-8-18(9-7-17)25-35-22(14-37(25)4)28(30,31)32/h6-12,14,33H,1,13H2,2-5H3. The molecule has 0 atom stereocenters. The highest BCUT2D eigenvalue weighted by Crippen LogP contribution is 2.31. The second kappa shape index (κ2) is 9.33. The molecule has 0 unspecified atom stereocenters. The maximum atomic E-state index is 14.2. The second-order valence-electron chi connectivity index (χ2n) is 9.50. The molecule has 0 aliphatic rings. The Kier molecular flexibility index (Phi) is 6.24. The summed E-state index contributed by atoms with van der Waals surface area (Å²) >= 11 is 0. The molecule has 0 aliphatic heterocycles. The largest absolute Gasteiger partial charge is 0.434 e. The average Bonchev–Trinajstić information content (AvgIpc) is 3.38. The fourth-order valence-corrected chi connectivity index (χ4v) is 4.68. The van der Waals surface area contributed by atoms with E-state index in [2.05, 4.69) is 16.5 Å². The molecule has 0 saturated heterocycles. The number of nitrogens with zero attached hydrogens (tertiary/aromatic N) is 6. The van der Waals surface area contributed by atoms with E-state index in [0.717, 1.165) is 22.9 Å². The van der Waals surface area contributed by atoms with Gasteiger partial charge in [-0.1, -0.05) is 42.5 Å². The van der Waals surface area contributed by atoms with Crippen LogP contribution in [0.3, 0.4) is 0 Å². The Balaban J connectivity index is 1.57. The number of allylic oxidation sites excluding steroid dienone is 1. The van der Waals surface area contributed by atoms with Crippen molar-refractivity contribution in [3.63, 3.8) is 0 Å². The molecule has 7 nitrogen and oxygen atoms in total. The number of nitrogens with one attached hydrogen (secondary N) is 1. The van der Waals surface area contributed by atoms with Crippen molar-refractivity contribution in [1.82, 2.24) is 28.7 Å². The van der Waals surface area contributed by atoms with E-state index in [0.29, 0.717) is 33.8 Å². The Labute approximate surface area is 221 Å². The third-order valence-electron chi connectivity index (χ3n) is 6.61. The summed E-state index contributed by atoms with van der Waals surface area (Å²) in [7, 11) is 3.27. The summed E-state index contributed by atoms with van der Waals surface area (Å²) in [5, 5.41) is 8.72. The van der Waals surface area contributed by atoms with E-state index < -0.39 is 17.7 Å². The number of hydrogen-bond acceptors (Lipinski definition) is 4. The van der Waals surface area contributed by atoms with E-state index in [1.807, 2.05) is 13.8 Å².